The first-order chi connectivity index (χ1) is 7.29. The third-order valence-corrected chi connectivity index (χ3v) is 2.47. The first-order valence-corrected chi connectivity index (χ1v) is 5.64. The van der Waals surface area contributed by atoms with Gasteiger partial charge in [0.2, 0.25) is 0 Å². The van der Waals surface area contributed by atoms with Gasteiger partial charge in [0.25, 0.3) is 5.91 Å². The normalized spacial score (nSPS) is 10.0. The standard InChI is InChI=1S/C13H19NO/c1-3-5-11-14(4-2)13(15)12-9-7-6-8-10-12/h6-10H,3-5,11H2,1-2H3. The molecule has 0 unspecified atom stereocenters. The lowest BCUT2D eigenvalue weighted by Gasteiger charge is -2.20. The number of hydrogen-bond donors (Lipinski definition) is 0. The maximum atomic E-state index is 12.0. The van der Waals surface area contributed by atoms with Crippen molar-refractivity contribution in [3.05, 3.63) is 35.9 Å². The molecule has 2 heteroatoms. The van der Waals surface area contributed by atoms with Gasteiger partial charge in [-0.25, -0.2) is 0 Å². The van der Waals surface area contributed by atoms with Crippen molar-refractivity contribution in [2.45, 2.75) is 26.7 Å². The minimum atomic E-state index is 0.145. The molecule has 0 radical (unpaired) electrons. The molecule has 15 heavy (non-hydrogen) atoms. The fourth-order valence-corrected chi connectivity index (χ4v) is 1.52. The van der Waals surface area contributed by atoms with Gasteiger partial charge in [0.05, 0.1) is 0 Å². The molecule has 1 rings (SSSR count). The highest BCUT2D eigenvalue weighted by molar-refractivity contribution is 5.94. The SMILES string of the molecule is CCCCN(CC)C(=O)c1ccccc1. The van der Waals surface area contributed by atoms with Crippen molar-refractivity contribution in [1.29, 1.82) is 0 Å². The Labute approximate surface area is 91.9 Å². The van der Waals surface area contributed by atoms with Crippen molar-refractivity contribution in [2.75, 3.05) is 13.1 Å². The molecule has 0 aliphatic carbocycles. The monoisotopic (exact) mass is 205 g/mol. The maximum absolute atomic E-state index is 12.0. The number of unbranched alkanes of at least 4 members (excludes halogenated alkanes) is 1. The number of carbonyl (C=O) groups excluding carboxylic acids is 1. The third kappa shape index (κ3) is 3.39. The van der Waals surface area contributed by atoms with Crippen molar-refractivity contribution >= 4 is 5.91 Å². The molecule has 0 spiro atoms. The second kappa shape index (κ2) is 6.23. The van der Waals surface area contributed by atoms with Gasteiger partial charge in [-0.3, -0.25) is 4.79 Å². The van der Waals surface area contributed by atoms with E-state index in [0.29, 0.717) is 0 Å². The minimum Gasteiger partial charge on any atom is -0.339 e. The molecule has 0 N–H and O–H groups in total. The predicted molar refractivity (Wildman–Crippen MR) is 62.9 cm³/mol. The van der Waals surface area contributed by atoms with Gasteiger partial charge in [0, 0.05) is 18.7 Å². The van der Waals surface area contributed by atoms with Crippen molar-refractivity contribution < 1.29 is 4.79 Å². The molecule has 0 aliphatic heterocycles. The molecule has 0 fully saturated rings. The smallest absolute Gasteiger partial charge is 0.253 e. The molecule has 1 aromatic rings. The second-order valence-electron chi connectivity index (χ2n) is 3.60. The molecule has 2 nitrogen and oxygen atoms in total. The van der Waals surface area contributed by atoms with Crippen LogP contribution in [-0.4, -0.2) is 23.9 Å². The largest absolute Gasteiger partial charge is 0.339 e. The van der Waals surface area contributed by atoms with E-state index >= 15 is 0 Å². The summed E-state index contributed by atoms with van der Waals surface area (Å²) in [6, 6.07) is 9.48. The van der Waals surface area contributed by atoms with E-state index in [9.17, 15) is 4.79 Å². The minimum absolute atomic E-state index is 0.145. The Balaban J connectivity index is 2.65. The van der Waals surface area contributed by atoms with Crippen molar-refractivity contribution in [2.24, 2.45) is 0 Å². The fraction of sp³-hybridized carbons (Fsp3) is 0.462. The van der Waals surface area contributed by atoms with E-state index in [2.05, 4.69) is 6.92 Å². The summed E-state index contributed by atoms with van der Waals surface area (Å²) in [4.78, 5) is 13.9. The van der Waals surface area contributed by atoms with Crippen LogP contribution < -0.4 is 0 Å². The Morgan fingerprint density at radius 1 is 1.20 bits per heavy atom. The summed E-state index contributed by atoms with van der Waals surface area (Å²) in [5.74, 6) is 0.145. The summed E-state index contributed by atoms with van der Waals surface area (Å²) >= 11 is 0. The predicted octanol–water partition coefficient (Wildman–Crippen LogP) is 2.95. The number of carbonyl (C=O) groups is 1. The van der Waals surface area contributed by atoms with Crippen molar-refractivity contribution in [3.63, 3.8) is 0 Å². The highest BCUT2D eigenvalue weighted by Gasteiger charge is 2.12. The summed E-state index contributed by atoms with van der Waals surface area (Å²) in [5, 5.41) is 0. The number of nitrogens with zero attached hydrogens (tertiary/aromatic N) is 1. The topological polar surface area (TPSA) is 20.3 Å². The van der Waals surface area contributed by atoms with Gasteiger partial charge >= 0.3 is 0 Å². The fourth-order valence-electron chi connectivity index (χ4n) is 1.52. The summed E-state index contributed by atoms with van der Waals surface area (Å²) in [6.07, 6.45) is 2.20. The molecule has 0 aliphatic rings. The molecule has 0 saturated heterocycles. The van der Waals surface area contributed by atoms with Gasteiger partial charge in [0.1, 0.15) is 0 Å². The van der Waals surface area contributed by atoms with E-state index in [0.717, 1.165) is 31.5 Å². The number of benzene rings is 1. The molecule has 0 saturated carbocycles. The molecule has 0 bridgehead atoms. The Morgan fingerprint density at radius 2 is 1.87 bits per heavy atom. The van der Waals surface area contributed by atoms with Crippen molar-refractivity contribution in [3.8, 4) is 0 Å². The molecular weight excluding hydrogens is 186 g/mol. The first kappa shape index (κ1) is 11.8. The van der Waals surface area contributed by atoms with Crippen LogP contribution >= 0.6 is 0 Å². The number of rotatable bonds is 5. The van der Waals surface area contributed by atoms with Gasteiger partial charge in [-0.05, 0) is 25.5 Å². The summed E-state index contributed by atoms with van der Waals surface area (Å²) in [6.45, 7) is 5.81. The highest BCUT2D eigenvalue weighted by atomic mass is 16.2. The summed E-state index contributed by atoms with van der Waals surface area (Å²) in [7, 11) is 0. The van der Waals surface area contributed by atoms with Crippen LogP contribution in [0.1, 0.15) is 37.0 Å². The zero-order valence-corrected chi connectivity index (χ0v) is 9.57. The second-order valence-corrected chi connectivity index (χ2v) is 3.60. The Bertz CT molecular complexity index is 295. The molecular formula is C13H19NO. The number of amides is 1. The average Bonchev–Trinajstić information content (AvgIpc) is 2.31. The van der Waals surface area contributed by atoms with Crippen LogP contribution in [0.15, 0.2) is 30.3 Å². The highest BCUT2D eigenvalue weighted by Crippen LogP contribution is 2.05. The van der Waals surface area contributed by atoms with E-state index < -0.39 is 0 Å². The average molecular weight is 205 g/mol. The molecule has 0 aromatic heterocycles. The van der Waals surface area contributed by atoms with Gasteiger partial charge < -0.3 is 4.90 Å². The van der Waals surface area contributed by atoms with Gasteiger partial charge in [-0.1, -0.05) is 31.5 Å². The molecule has 82 valence electrons. The maximum Gasteiger partial charge on any atom is 0.253 e. The van der Waals surface area contributed by atoms with Crippen LogP contribution in [0.5, 0.6) is 0 Å². The van der Waals surface area contributed by atoms with Gasteiger partial charge in [-0.2, -0.15) is 0 Å². The van der Waals surface area contributed by atoms with Gasteiger partial charge in [-0.15, -0.1) is 0 Å². The Kier molecular flexibility index (Phi) is 4.88. The van der Waals surface area contributed by atoms with Crippen molar-refractivity contribution in [1.82, 2.24) is 4.90 Å². The quantitative estimate of drug-likeness (QED) is 0.723. The van der Waals surface area contributed by atoms with Gasteiger partial charge in [0.15, 0.2) is 0 Å². The zero-order chi connectivity index (χ0) is 11.1. The van der Waals surface area contributed by atoms with Crippen LogP contribution in [0.4, 0.5) is 0 Å². The van der Waals surface area contributed by atoms with E-state index in [4.69, 9.17) is 0 Å². The summed E-state index contributed by atoms with van der Waals surface area (Å²) < 4.78 is 0. The third-order valence-electron chi connectivity index (χ3n) is 2.47. The van der Waals surface area contributed by atoms with E-state index in [1.165, 1.54) is 0 Å². The van der Waals surface area contributed by atoms with Crippen LogP contribution in [0.2, 0.25) is 0 Å². The first-order valence-electron chi connectivity index (χ1n) is 5.64. The van der Waals surface area contributed by atoms with E-state index in [-0.39, 0.29) is 5.91 Å². The lowest BCUT2D eigenvalue weighted by molar-refractivity contribution is 0.0762. The lowest BCUT2D eigenvalue weighted by Crippen LogP contribution is -2.31. The van der Waals surface area contributed by atoms with Crippen LogP contribution in [0.25, 0.3) is 0 Å². The summed E-state index contributed by atoms with van der Waals surface area (Å²) in [5.41, 5.74) is 0.787. The molecule has 1 aromatic carbocycles. The van der Waals surface area contributed by atoms with Crippen LogP contribution in [-0.2, 0) is 0 Å². The molecule has 0 atom stereocenters. The van der Waals surface area contributed by atoms with Crippen LogP contribution in [0, 0.1) is 0 Å². The van der Waals surface area contributed by atoms with Crippen LogP contribution in [0.3, 0.4) is 0 Å². The van der Waals surface area contributed by atoms with E-state index in [1.54, 1.807) is 0 Å². The molecule has 1 amide bonds. The zero-order valence-electron chi connectivity index (χ0n) is 9.57. The Hall–Kier alpha value is -1.31. The van der Waals surface area contributed by atoms with E-state index in [1.807, 2.05) is 42.2 Å². The Morgan fingerprint density at radius 3 is 2.40 bits per heavy atom. The molecule has 0 heterocycles. The number of hydrogen-bond acceptors (Lipinski definition) is 1. The lowest BCUT2D eigenvalue weighted by atomic mass is 10.2.